The summed E-state index contributed by atoms with van der Waals surface area (Å²) in [5.41, 5.74) is 4.30. The van der Waals surface area contributed by atoms with Crippen molar-refractivity contribution < 1.29 is 14.2 Å². The summed E-state index contributed by atoms with van der Waals surface area (Å²) in [6.45, 7) is 0. The first-order chi connectivity index (χ1) is 15.6. The van der Waals surface area contributed by atoms with Crippen LogP contribution < -0.4 is 14.2 Å². The molecule has 0 radical (unpaired) electrons. The molecule has 32 heavy (non-hydrogen) atoms. The smallest absolute Gasteiger partial charge is 0.162 e. The van der Waals surface area contributed by atoms with E-state index in [9.17, 15) is 0 Å². The maximum atomic E-state index is 6.30. The Kier molecular flexibility index (Phi) is 5.07. The van der Waals surface area contributed by atoms with Gasteiger partial charge in [0, 0.05) is 33.6 Å². The van der Waals surface area contributed by atoms with Gasteiger partial charge >= 0.3 is 0 Å². The van der Waals surface area contributed by atoms with Gasteiger partial charge in [0.2, 0.25) is 0 Å². The number of methoxy groups -OCH3 is 3. The lowest BCUT2D eigenvalue weighted by atomic mass is 10.1. The van der Waals surface area contributed by atoms with Crippen LogP contribution in [0.25, 0.3) is 38.8 Å². The van der Waals surface area contributed by atoms with Gasteiger partial charge in [-0.2, -0.15) is 5.10 Å². The van der Waals surface area contributed by atoms with Crippen molar-refractivity contribution in [3.8, 4) is 34.2 Å². The predicted octanol–water partition coefficient (Wildman–Crippen LogP) is 5.92. The zero-order valence-electron chi connectivity index (χ0n) is 17.8. The molecule has 0 saturated heterocycles. The molecular weight excluding hydrogens is 426 g/mol. The molecule has 0 atom stereocenters. The van der Waals surface area contributed by atoms with Crippen LogP contribution in [-0.4, -0.2) is 36.1 Å². The Labute approximate surface area is 189 Å². The van der Waals surface area contributed by atoms with E-state index in [2.05, 4.69) is 0 Å². The number of aromatic nitrogens is 3. The van der Waals surface area contributed by atoms with Crippen LogP contribution in [0, 0.1) is 0 Å². The normalized spacial score (nSPS) is 11.1. The number of nitrogens with zero attached hydrogens (tertiary/aromatic N) is 3. The SMILES string of the molecule is COc1ccc(-c2nn(-c3cccc(Cl)c3)c3c2cnc2cc(OC)c(OC)cc23)cc1. The van der Waals surface area contributed by atoms with Crippen LogP contribution in [-0.2, 0) is 0 Å². The van der Waals surface area contributed by atoms with Gasteiger partial charge in [0.25, 0.3) is 0 Å². The molecule has 0 aliphatic rings. The minimum atomic E-state index is 0.621. The Hall–Kier alpha value is -3.77. The first kappa shape index (κ1) is 20.2. The fraction of sp³-hybridized carbons (Fsp3) is 0.120. The first-order valence-electron chi connectivity index (χ1n) is 9.96. The van der Waals surface area contributed by atoms with Gasteiger partial charge in [-0.3, -0.25) is 4.98 Å². The maximum absolute atomic E-state index is 6.30. The van der Waals surface area contributed by atoms with Crippen molar-refractivity contribution in [2.24, 2.45) is 0 Å². The number of pyridine rings is 1. The quantitative estimate of drug-likeness (QED) is 0.336. The molecule has 6 nitrogen and oxygen atoms in total. The minimum absolute atomic E-state index is 0.621. The third kappa shape index (κ3) is 3.29. The van der Waals surface area contributed by atoms with Crippen LogP contribution >= 0.6 is 11.6 Å². The first-order valence-corrected chi connectivity index (χ1v) is 10.3. The zero-order valence-corrected chi connectivity index (χ0v) is 18.6. The van der Waals surface area contributed by atoms with E-state index in [4.69, 9.17) is 35.9 Å². The Morgan fingerprint density at radius 3 is 2.25 bits per heavy atom. The predicted molar refractivity (Wildman–Crippen MR) is 126 cm³/mol. The van der Waals surface area contributed by atoms with E-state index >= 15 is 0 Å². The third-order valence-corrected chi connectivity index (χ3v) is 5.66. The van der Waals surface area contributed by atoms with Crippen molar-refractivity contribution in [1.82, 2.24) is 14.8 Å². The number of hydrogen-bond donors (Lipinski definition) is 0. The fourth-order valence-electron chi connectivity index (χ4n) is 3.87. The molecule has 0 amide bonds. The van der Waals surface area contributed by atoms with Crippen molar-refractivity contribution in [2.75, 3.05) is 21.3 Å². The van der Waals surface area contributed by atoms with Crippen LogP contribution in [0.15, 0.2) is 66.9 Å². The topological polar surface area (TPSA) is 58.4 Å². The van der Waals surface area contributed by atoms with Crippen molar-refractivity contribution in [2.45, 2.75) is 0 Å². The van der Waals surface area contributed by atoms with E-state index in [1.165, 1.54) is 0 Å². The second-order valence-electron chi connectivity index (χ2n) is 7.21. The van der Waals surface area contributed by atoms with Gasteiger partial charge in [0.15, 0.2) is 11.5 Å². The molecule has 0 bridgehead atoms. The molecule has 2 aromatic heterocycles. The van der Waals surface area contributed by atoms with Crippen LogP contribution in [0.5, 0.6) is 17.2 Å². The standard InChI is InChI=1S/C25H20ClN3O3/c1-30-18-9-7-15(8-10-18)24-20-14-27-21-13-23(32-3)22(31-2)12-19(21)25(20)29(28-24)17-6-4-5-16(26)11-17/h4-14H,1-3H3. The number of benzene rings is 3. The van der Waals surface area contributed by atoms with Crippen molar-refractivity contribution in [1.29, 1.82) is 0 Å². The lowest BCUT2D eigenvalue weighted by Crippen LogP contribution is -1.98. The highest BCUT2D eigenvalue weighted by molar-refractivity contribution is 6.30. The van der Waals surface area contributed by atoms with Crippen LogP contribution in [0.2, 0.25) is 5.02 Å². The highest BCUT2D eigenvalue weighted by atomic mass is 35.5. The van der Waals surface area contributed by atoms with E-state index in [-0.39, 0.29) is 0 Å². The average Bonchev–Trinajstić information content (AvgIpc) is 3.23. The second-order valence-corrected chi connectivity index (χ2v) is 7.65. The largest absolute Gasteiger partial charge is 0.497 e. The Balaban J connectivity index is 1.87. The van der Waals surface area contributed by atoms with E-state index in [1.807, 2.05) is 71.5 Å². The fourth-order valence-corrected chi connectivity index (χ4v) is 4.05. The molecule has 0 unspecified atom stereocenters. The van der Waals surface area contributed by atoms with Crippen LogP contribution in [0.1, 0.15) is 0 Å². The van der Waals surface area contributed by atoms with Gasteiger partial charge in [-0.1, -0.05) is 17.7 Å². The lowest BCUT2D eigenvalue weighted by Gasteiger charge is -2.11. The van der Waals surface area contributed by atoms with Crippen molar-refractivity contribution in [3.63, 3.8) is 0 Å². The maximum Gasteiger partial charge on any atom is 0.162 e. The second kappa shape index (κ2) is 8.05. The molecule has 2 heterocycles. The molecule has 5 aromatic rings. The Bertz CT molecular complexity index is 1450. The highest BCUT2D eigenvalue weighted by Gasteiger charge is 2.19. The number of rotatable bonds is 5. The highest BCUT2D eigenvalue weighted by Crippen LogP contribution is 2.38. The number of hydrogen-bond acceptors (Lipinski definition) is 5. The zero-order chi connectivity index (χ0) is 22.2. The Morgan fingerprint density at radius 2 is 1.56 bits per heavy atom. The van der Waals surface area contributed by atoms with Gasteiger partial charge < -0.3 is 14.2 Å². The van der Waals surface area contributed by atoms with Crippen LogP contribution in [0.4, 0.5) is 0 Å². The van der Waals surface area contributed by atoms with Gasteiger partial charge in [0.05, 0.1) is 38.1 Å². The van der Waals surface area contributed by atoms with E-state index in [0.717, 1.165) is 44.5 Å². The summed E-state index contributed by atoms with van der Waals surface area (Å²) < 4.78 is 18.2. The lowest BCUT2D eigenvalue weighted by molar-refractivity contribution is 0.356. The summed E-state index contributed by atoms with van der Waals surface area (Å²) in [5, 5.41) is 7.42. The summed E-state index contributed by atoms with van der Waals surface area (Å²) in [5.74, 6) is 2.03. The average molecular weight is 446 g/mol. The summed E-state index contributed by atoms with van der Waals surface area (Å²) >= 11 is 6.30. The van der Waals surface area contributed by atoms with Crippen molar-refractivity contribution in [3.05, 3.63) is 71.9 Å². The molecule has 160 valence electrons. The molecule has 3 aromatic carbocycles. The number of fused-ring (bicyclic) bond motifs is 3. The van der Waals surface area contributed by atoms with Gasteiger partial charge in [-0.25, -0.2) is 4.68 Å². The summed E-state index contributed by atoms with van der Waals surface area (Å²) in [6, 6.07) is 19.2. The monoisotopic (exact) mass is 445 g/mol. The van der Waals surface area contributed by atoms with Gasteiger partial charge in [-0.05, 0) is 48.5 Å². The van der Waals surface area contributed by atoms with E-state index < -0.39 is 0 Å². The summed E-state index contributed by atoms with van der Waals surface area (Å²) in [6.07, 6.45) is 1.84. The molecule has 0 spiro atoms. The third-order valence-electron chi connectivity index (χ3n) is 5.43. The van der Waals surface area contributed by atoms with Crippen molar-refractivity contribution >= 4 is 33.4 Å². The molecule has 7 heteroatoms. The molecule has 0 aliphatic heterocycles. The van der Waals surface area contributed by atoms with Gasteiger partial charge in [0.1, 0.15) is 11.4 Å². The van der Waals surface area contributed by atoms with E-state index in [0.29, 0.717) is 16.5 Å². The summed E-state index contributed by atoms with van der Waals surface area (Å²) in [7, 11) is 4.88. The molecule has 0 N–H and O–H groups in total. The molecule has 5 rings (SSSR count). The van der Waals surface area contributed by atoms with Crippen LogP contribution in [0.3, 0.4) is 0 Å². The Morgan fingerprint density at radius 1 is 0.812 bits per heavy atom. The molecular formula is C25H20ClN3O3. The minimum Gasteiger partial charge on any atom is -0.497 e. The van der Waals surface area contributed by atoms with Gasteiger partial charge in [-0.15, -0.1) is 0 Å². The summed E-state index contributed by atoms with van der Waals surface area (Å²) in [4.78, 5) is 4.70. The molecule has 0 fully saturated rings. The molecule has 0 saturated carbocycles. The van der Waals surface area contributed by atoms with E-state index in [1.54, 1.807) is 21.3 Å². The molecule has 0 aliphatic carbocycles. The number of halogens is 1. The number of ether oxygens (including phenoxy) is 3.